The zero-order valence-electron chi connectivity index (χ0n) is 14.5. The number of esters is 1. The summed E-state index contributed by atoms with van der Waals surface area (Å²) in [5.74, 6) is -1.56. The van der Waals surface area contributed by atoms with Crippen molar-refractivity contribution < 1.29 is 24.4 Å². The van der Waals surface area contributed by atoms with Crippen molar-refractivity contribution in [3.8, 4) is 0 Å². The van der Waals surface area contributed by atoms with Crippen LogP contribution in [0, 0.1) is 10.1 Å². The van der Waals surface area contributed by atoms with Crippen molar-refractivity contribution in [2.24, 2.45) is 0 Å². The molecule has 0 saturated carbocycles. The number of nitro groups is 1. The number of nitro benzene ring substituents is 1. The van der Waals surface area contributed by atoms with Gasteiger partial charge in [-0.1, -0.05) is 30.3 Å². The number of non-ortho nitro benzene ring substituents is 1. The van der Waals surface area contributed by atoms with Gasteiger partial charge >= 0.3 is 11.9 Å². The summed E-state index contributed by atoms with van der Waals surface area (Å²) < 4.78 is 5.25. The average Bonchev–Trinajstić information content (AvgIpc) is 2.67. The first-order valence-electron chi connectivity index (χ1n) is 8.35. The molecule has 1 atom stereocenters. The van der Waals surface area contributed by atoms with E-state index in [4.69, 9.17) is 9.84 Å². The van der Waals surface area contributed by atoms with Gasteiger partial charge in [-0.15, -0.1) is 0 Å². The van der Waals surface area contributed by atoms with E-state index in [-0.39, 0.29) is 25.1 Å². The summed E-state index contributed by atoms with van der Waals surface area (Å²) in [6.07, 6.45) is -0.0691. The summed E-state index contributed by atoms with van der Waals surface area (Å²) >= 11 is 0. The molecular formula is C19H20N2O6. The van der Waals surface area contributed by atoms with Crippen LogP contribution in [0.5, 0.6) is 0 Å². The monoisotopic (exact) mass is 372 g/mol. The Kier molecular flexibility index (Phi) is 7.45. The van der Waals surface area contributed by atoms with Crippen LogP contribution in [0.25, 0.3) is 0 Å². The third kappa shape index (κ3) is 6.87. The maximum absolute atomic E-state index is 12.3. The summed E-state index contributed by atoms with van der Waals surface area (Å²) in [5, 5.41) is 22.5. The minimum absolute atomic E-state index is 0.0473. The maximum Gasteiger partial charge on any atom is 0.323 e. The lowest BCUT2D eigenvalue weighted by Crippen LogP contribution is -2.38. The van der Waals surface area contributed by atoms with Crippen molar-refractivity contribution in [2.75, 3.05) is 0 Å². The standard InChI is InChI=1S/C19H20N2O6/c22-18(23)11-10-17(20-12-14-4-2-1-3-5-14)19(24)27-13-15-6-8-16(9-7-15)21(25)26/h1-9,17,20H,10-13H2,(H,22,23). The molecule has 27 heavy (non-hydrogen) atoms. The fraction of sp³-hybridized carbons (Fsp3) is 0.263. The van der Waals surface area contributed by atoms with Crippen LogP contribution < -0.4 is 5.32 Å². The molecule has 0 saturated heterocycles. The Bertz CT molecular complexity index is 777. The molecule has 142 valence electrons. The second-order valence-corrected chi connectivity index (χ2v) is 5.88. The molecule has 8 nitrogen and oxygen atoms in total. The Morgan fingerprint density at radius 2 is 1.74 bits per heavy atom. The lowest BCUT2D eigenvalue weighted by Gasteiger charge is -2.17. The lowest BCUT2D eigenvalue weighted by atomic mass is 10.1. The highest BCUT2D eigenvalue weighted by molar-refractivity contribution is 5.77. The van der Waals surface area contributed by atoms with E-state index in [1.807, 2.05) is 30.3 Å². The topological polar surface area (TPSA) is 119 Å². The van der Waals surface area contributed by atoms with Gasteiger partial charge in [0.1, 0.15) is 12.6 Å². The fourth-order valence-corrected chi connectivity index (χ4v) is 2.38. The second kappa shape index (κ2) is 10.0. The lowest BCUT2D eigenvalue weighted by molar-refractivity contribution is -0.384. The molecule has 0 aliphatic rings. The van der Waals surface area contributed by atoms with Crippen molar-refractivity contribution in [3.63, 3.8) is 0 Å². The van der Waals surface area contributed by atoms with Crippen LogP contribution >= 0.6 is 0 Å². The fourth-order valence-electron chi connectivity index (χ4n) is 2.38. The van der Waals surface area contributed by atoms with Gasteiger partial charge in [0.05, 0.1) is 4.92 Å². The smallest absolute Gasteiger partial charge is 0.323 e. The third-order valence-electron chi connectivity index (χ3n) is 3.86. The molecule has 0 fully saturated rings. The molecule has 2 rings (SSSR count). The first-order chi connectivity index (χ1) is 13.0. The van der Waals surface area contributed by atoms with Crippen LogP contribution in [0.1, 0.15) is 24.0 Å². The minimum atomic E-state index is -0.996. The number of hydrogen-bond acceptors (Lipinski definition) is 6. The molecule has 0 aliphatic heterocycles. The van der Waals surface area contributed by atoms with Gasteiger partial charge in [0, 0.05) is 25.1 Å². The van der Waals surface area contributed by atoms with Crippen LogP contribution in [0.4, 0.5) is 5.69 Å². The minimum Gasteiger partial charge on any atom is -0.481 e. The van der Waals surface area contributed by atoms with Gasteiger partial charge in [0.15, 0.2) is 0 Å². The van der Waals surface area contributed by atoms with Gasteiger partial charge in [-0.25, -0.2) is 0 Å². The second-order valence-electron chi connectivity index (χ2n) is 5.88. The van der Waals surface area contributed by atoms with Crippen LogP contribution in [0.2, 0.25) is 0 Å². The number of nitrogens with zero attached hydrogens (tertiary/aromatic N) is 1. The van der Waals surface area contributed by atoms with Crippen LogP contribution in [0.3, 0.4) is 0 Å². The number of carbonyl (C=O) groups excluding carboxylic acids is 1. The molecule has 0 amide bonds. The SMILES string of the molecule is O=C(O)CCC(NCc1ccccc1)C(=O)OCc1ccc([N+](=O)[O-])cc1. The number of benzene rings is 2. The number of nitrogens with one attached hydrogen (secondary N) is 1. The zero-order chi connectivity index (χ0) is 19.6. The number of rotatable bonds is 10. The summed E-state index contributed by atoms with van der Waals surface area (Å²) in [4.78, 5) is 33.3. The normalized spacial score (nSPS) is 11.6. The van der Waals surface area contributed by atoms with Gasteiger partial charge in [0.2, 0.25) is 0 Å². The third-order valence-corrected chi connectivity index (χ3v) is 3.86. The number of carbonyl (C=O) groups is 2. The molecule has 8 heteroatoms. The Balaban J connectivity index is 1.93. The maximum atomic E-state index is 12.3. The largest absolute Gasteiger partial charge is 0.481 e. The Labute approximate surface area is 155 Å². The number of aliphatic carboxylic acids is 1. The summed E-state index contributed by atoms with van der Waals surface area (Å²) in [6.45, 7) is 0.352. The molecule has 0 aliphatic carbocycles. The van der Waals surface area contributed by atoms with E-state index in [1.54, 1.807) is 0 Å². The van der Waals surface area contributed by atoms with Crippen LogP contribution in [-0.2, 0) is 27.5 Å². The summed E-state index contributed by atoms with van der Waals surface area (Å²) in [6, 6.07) is 14.3. The van der Waals surface area contributed by atoms with Crippen molar-refractivity contribution in [1.82, 2.24) is 5.32 Å². The molecule has 0 bridgehead atoms. The first kappa shape index (κ1) is 20.1. The molecular weight excluding hydrogens is 352 g/mol. The molecule has 0 spiro atoms. The number of carboxylic acids is 1. The van der Waals surface area contributed by atoms with Gasteiger partial charge < -0.3 is 15.2 Å². The van der Waals surface area contributed by atoms with Crippen LogP contribution in [0.15, 0.2) is 54.6 Å². The predicted molar refractivity (Wildman–Crippen MR) is 96.8 cm³/mol. The Hall–Kier alpha value is -3.26. The average molecular weight is 372 g/mol. The molecule has 1 unspecified atom stereocenters. The highest BCUT2D eigenvalue weighted by Gasteiger charge is 2.21. The number of hydrogen-bond donors (Lipinski definition) is 2. The highest BCUT2D eigenvalue weighted by Crippen LogP contribution is 2.13. The van der Waals surface area contributed by atoms with E-state index in [1.165, 1.54) is 24.3 Å². The van der Waals surface area contributed by atoms with E-state index < -0.39 is 22.9 Å². The van der Waals surface area contributed by atoms with E-state index in [0.717, 1.165) is 5.56 Å². The zero-order valence-corrected chi connectivity index (χ0v) is 14.5. The van der Waals surface area contributed by atoms with E-state index >= 15 is 0 Å². The molecule has 2 N–H and O–H groups in total. The number of carboxylic acid groups (broad SMARTS) is 1. The Morgan fingerprint density at radius 3 is 2.33 bits per heavy atom. The van der Waals surface area contributed by atoms with Crippen molar-refractivity contribution in [1.29, 1.82) is 0 Å². The molecule has 2 aromatic carbocycles. The van der Waals surface area contributed by atoms with Gasteiger partial charge in [0.25, 0.3) is 5.69 Å². The van der Waals surface area contributed by atoms with Gasteiger partial charge in [-0.3, -0.25) is 19.7 Å². The highest BCUT2D eigenvalue weighted by atomic mass is 16.6. The van der Waals surface area contributed by atoms with E-state index in [9.17, 15) is 19.7 Å². The summed E-state index contributed by atoms with van der Waals surface area (Å²) in [5.41, 5.74) is 1.52. The van der Waals surface area contributed by atoms with Crippen molar-refractivity contribution in [2.45, 2.75) is 32.0 Å². The van der Waals surface area contributed by atoms with Crippen molar-refractivity contribution in [3.05, 3.63) is 75.8 Å². The van der Waals surface area contributed by atoms with Crippen molar-refractivity contribution >= 4 is 17.6 Å². The van der Waals surface area contributed by atoms with Crippen LogP contribution in [-0.4, -0.2) is 28.0 Å². The Morgan fingerprint density at radius 1 is 1.07 bits per heavy atom. The number of ether oxygens (including phenoxy) is 1. The molecule has 0 heterocycles. The quantitative estimate of drug-likeness (QED) is 0.374. The summed E-state index contributed by atoms with van der Waals surface area (Å²) in [7, 11) is 0. The van der Waals surface area contributed by atoms with Gasteiger partial charge in [-0.05, 0) is 29.7 Å². The van der Waals surface area contributed by atoms with E-state index in [0.29, 0.717) is 12.1 Å². The predicted octanol–water partition coefficient (Wildman–Crippen LogP) is 2.66. The van der Waals surface area contributed by atoms with Gasteiger partial charge in [-0.2, -0.15) is 0 Å². The first-order valence-corrected chi connectivity index (χ1v) is 8.35. The molecule has 2 aromatic rings. The van der Waals surface area contributed by atoms with E-state index in [2.05, 4.69) is 5.32 Å². The molecule has 0 aromatic heterocycles. The molecule has 0 radical (unpaired) electrons.